The number of hydrogen-bond acceptors (Lipinski definition) is 4. The number of guanidine groups is 1. The van der Waals surface area contributed by atoms with E-state index in [4.69, 9.17) is 0 Å². The second-order valence-corrected chi connectivity index (χ2v) is 4.10. The van der Waals surface area contributed by atoms with Gasteiger partial charge in [-0.05, 0) is 12.3 Å². The summed E-state index contributed by atoms with van der Waals surface area (Å²) in [6.45, 7) is 5.52. The average molecular weight is 180 g/mol. The molecule has 3 aliphatic heterocycles. The van der Waals surface area contributed by atoms with Crippen LogP contribution in [0.5, 0.6) is 0 Å². The first-order valence-corrected chi connectivity index (χ1v) is 5.21. The van der Waals surface area contributed by atoms with Gasteiger partial charge in [-0.25, -0.2) is 0 Å². The minimum atomic E-state index is 0.712. The van der Waals surface area contributed by atoms with Gasteiger partial charge in [0.05, 0.1) is 6.54 Å². The van der Waals surface area contributed by atoms with E-state index in [0.717, 1.165) is 31.5 Å². The van der Waals surface area contributed by atoms with Crippen LogP contribution in [-0.2, 0) is 0 Å². The van der Waals surface area contributed by atoms with Crippen LogP contribution in [0.25, 0.3) is 0 Å². The molecule has 2 saturated heterocycles. The monoisotopic (exact) mass is 180 g/mol. The third-order valence-corrected chi connectivity index (χ3v) is 3.37. The zero-order chi connectivity index (χ0) is 8.67. The Bertz CT molecular complexity index is 238. The molecule has 4 nitrogen and oxygen atoms in total. The number of nitrogens with one attached hydrogen (secondary N) is 2. The van der Waals surface area contributed by atoms with E-state index in [1.54, 1.807) is 0 Å². The smallest absolute Gasteiger partial charge is 0.194 e. The summed E-state index contributed by atoms with van der Waals surface area (Å²) < 4.78 is 0. The van der Waals surface area contributed by atoms with E-state index in [-0.39, 0.29) is 0 Å². The molecule has 2 unspecified atom stereocenters. The highest BCUT2D eigenvalue weighted by molar-refractivity contribution is 5.82. The van der Waals surface area contributed by atoms with Crippen molar-refractivity contribution >= 4 is 5.96 Å². The lowest BCUT2D eigenvalue weighted by Gasteiger charge is -2.24. The van der Waals surface area contributed by atoms with Gasteiger partial charge in [0.1, 0.15) is 0 Å². The summed E-state index contributed by atoms with van der Waals surface area (Å²) in [6, 6.07) is 0.712. The van der Waals surface area contributed by atoms with Gasteiger partial charge in [-0.3, -0.25) is 4.99 Å². The van der Waals surface area contributed by atoms with Gasteiger partial charge in [0.25, 0.3) is 0 Å². The summed E-state index contributed by atoms with van der Waals surface area (Å²) in [5.41, 5.74) is 0. The molecule has 0 bridgehead atoms. The lowest BCUT2D eigenvalue weighted by molar-refractivity contribution is 0.375. The van der Waals surface area contributed by atoms with E-state index in [2.05, 4.69) is 20.5 Å². The van der Waals surface area contributed by atoms with Crippen molar-refractivity contribution < 1.29 is 0 Å². The van der Waals surface area contributed by atoms with E-state index >= 15 is 0 Å². The molecule has 3 heterocycles. The largest absolute Gasteiger partial charge is 0.354 e. The fourth-order valence-electron chi connectivity index (χ4n) is 2.69. The highest BCUT2D eigenvalue weighted by Gasteiger charge is 2.39. The Labute approximate surface area is 78.4 Å². The number of aliphatic imine (C=N–C) groups is 1. The molecule has 3 aliphatic rings. The predicted molar refractivity (Wildman–Crippen MR) is 51.8 cm³/mol. The average Bonchev–Trinajstić information content (AvgIpc) is 2.79. The van der Waals surface area contributed by atoms with Crippen LogP contribution >= 0.6 is 0 Å². The van der Waals surface area contributed by atoms with Crippen LogP contribution in [0.1, 0.15) is 6.42 Å². The molecule has 0 aromatic carbocycles. The van der Waals surface area contributed by atoms with Crippen molar-refractivity contribution in [3.05, 3.63) is 0 Å². The van der Waals surface area contributed by atoms with Gasteiger partial charge in [0.15, 0.2) is 5.96 Å². The van der Waals surface area contributed by atoms with E-state index in [0.29, 0.717) is 6.04 Å². The minimum absolute atomic E-state index is 0.712. The molecule has 0 amide bonds. The van der Waals surface area contributed by atoms with Crippen molar-refractivity contribution in [2.24, 2.45) is 10.9 Å². The topological polar surface area (TPSA) is 39.7 Å². The van der Waals surface area contributed by atoms with Gasteiger partial charge in [0.2, 0.25) is 0 Å². The molecule has 0 aliphatic carbocycles. The predicted octanol–water partition coefficient (Wildman–Crippen LogP) is -0.761. The zero-order valence-corrected chi connectivity index (χ0v) is 7.79. The molecule has 4 heteroatoms. The molecule has 0 spiro atoms. The highest BCUT2D eigenvalue weighted by Crippen LogP contribution is 2.27. The van der Waals surface area contributed by atoms with Crippen molar-refractivity contribution in [1.29, 1.82) is 0 Å². The summed E-state index contributed by atoms with van der Waals surface area (Å²) in [6.07, 6.45) is 1.33. The number of rotatable bonds is 0. The SMILES string of the molecule is C1CNC(N2CCC3CNCC32)=N1. The van der Waals surface area contributed by atoms with Crippen LogP contribution in [0, 0.1) is 5.92 Å². The summed E-state index contributed by atoms with van der Waals surface area (Å²) >= 11 is 0. The molecule has 72 valence electrons. The Balaban J connectivity index is 1.77. The first kappa shape index (κ1) is 7.62. The van der Waals surface area contributed by atoms with Crippen LogP contribution in [0.4, 0.5) is 0 Å². The van der Waals surface area contributed by atoms with Crippen LogP contribution < -0.4 is 10.6 Å². The van der Waals surface area contributed by atoms with Crippen molar-refractivity contribution in [2.75, 3.05) is 32.7 Å². The standard InChI is InChI=1S/C9H16N4/c1-4-13(9-11-2-3-12-9)8-6-10-5-7(1)8/h7-8,10H,1-6H2,(H,11,12). The van der Waals surface area contributed by atoms with Crippen molar-refractivity contribution in [2.45, 2.75) is 12.5 Å². The third kappa shape index (κ3) is 1.12. The van der Waals surface area contributed by atoms with E-state index in [1.807, 2.05) is 0 Å². The molecule has 0 aromatic rings. The molecule has 2 atom stereocenters. The molecular formula is C9H16N4. The lowest BCUT2D eigenvalue weighted by atomic mass is 10.1. The number of nitrogens with zero attached hydrogens (tertiary/aromatic N) is 2. The second kappa shape index (κ2) is 2.87. The Morgan fingerprint density at radius 2 is 2.38 bits per heavy atom. The van der Waals surface area contributed by atoms with Crippen LogP contribution in [-0.4, -0.2) is 49.6 Å². The lowest BCUT2D eigenvalue weighted by Crippen LogP contribution is -2.44. The van der Waals surface area contributed by atoms with E-state index < -0.39 is 0 Å². The van der Waals surface area contributed by atoms with Gasteiger partial charge in [-0.1, -0.05) is 0 Å². The minimum Gasteiger partial charge on any atom is -0.354 e. The molecule has 0 aromatic heterocycles. The molecule has 2 fully saturated rings. The fourth-order valence-corrected chi connectivity index (χ4v) is 2.69. The Morgan fingerprint density at radius 3 is 3.23 bits per heavy atom. The van der Waals surface area contributed by atoms with Crippen LogP contribution in [0.15, 0.2) is 4.99 Å². The molecule has 0 saturated carbocycles. The third-order valence-electron chi connectivity index (χ3n) is 3.37. The van der Waals surface area contributed by atoms with Gasteiger partial charge in [-0.2, -0.15) is 0 Å². The fraction of sp³-hybridized carbons (Fsp3) is 0.889. The van der Waals surface area contributed by atoms with Crippen LogP contribution in [0.2, 0.25) is 0 Å². The number of likely N-dealkylation sites (tertiary alicyclic amines) is 1. The van der Waals surface area contributed by atoms with E-state index in [1.165, 1.54) is 19.5 Å². The second-order valence-electron chi connectivity index (χ2n) is 4.10. The van der Waals surface area contributed by atoms with Crippen molar-refractivity contribution in [3.8, 4) is 0 Å². The molecule has 13 heavy (non-hydrogen) atoms. The summed E-state index contributed by atoms with van der Waals surface area (Å²) in [5, 5.41) is 6.81. The Morgan fingerprint density at radius 1 is 1.38 bits per heavy atom. The molecule has 0 radical (unpaired) electrons. The first-order valence-electron chi connectivity index (χ1n) is 5.21. The van der Waals surface area contributed by atoms with Crippen molar-refractivity contribution in [1.82, 2.24) is 15.5 Å². The Kier molecular flexibility index (Phi) is 1.68. The normalized spacial score (nSPS) is 37.5. The molecule has 3 rings (SSSR count). The Hall–Kier alpha value is -0.770. The number of hydrogen-bond donors (Lipinski definition) is 2. The van der Waals surface area contributed by atoms with Gasteiger partial charge < -0.3 is 15.5 Å². The number of fused-ring (bicyclic) bond motifs is 1. The maximum absolute atomic E-state index is 4.48. The zero-order valence-electron chi connectivity index (χ0n) is 7.79. The van der Waals surface area contributed by atoms with Gasteiger partial charge in [-0.15, -0.1) is 0 Å². The summed E-state index contributed by atoms with van der Waals surface area (Å²) in [5.74, 6) is 2.02. The van der Waals surface area contributed by atoms with Gasteiger partial charge >= 0.3 is 0 Å². The van der Waals surface area contributed by atoms with E-state index in [9.17, 15) is 0 Å². The maximum atomic E-state index is 4.48. The quantitative estimate of drug-likeness (QED) is 0.515. The first-order chi connectivity index (χ1) is 6.45. The van der Waals surface area contributed by atoms with Crippen LogP contribution in [0.3, 0.4) is 0 Å². The van der Waals surface area contributed by atoms with Gasteiger partial charge in [0, 0.05) is 32.2 Å². The summed E-state index contributed by atoms with van der Waals surface area (Å²) in [7, 11) is 0. The van der Waals surface area contributed by atoms with Crippen molar-refractivity contribution in [3.63, 3.8) is 0 Å². The summed E-state index contributed by atoms with van der Waals surface area (Å²) in [4.78, 5) is 6.94. The highest BCUT2D eigenvalue weighted by atomic mass is 15.4. The maximum Gasteiger partial charge on any atom is 0.194 e. The molecule has 2 N–H and O–H groups in total. The molecular weight excluding hydrogens is 164 g/mol.